The molecule has 0 atom stereocenters. The SMILES string of the molecule is COc1ccc(CC2CCC(C3CCC(C)CC3)CC2)c(C(F)(F)F)c1C(F)(F)F.COc1ccc(O)c(C(F)(F)F)c1C(F)(F)F.COc1ccco1.FC(F)(F)C#CC(F)(F)F. The number of aromatic hydroxyl groups is 1. The number of furan rings is 1. The monoisotopic (exact) mass is 956 g/mol. The number of alkyl halides is 18. The van der Waals surface area contributed by atoms with Gasteiger partial charge in [0.25, 0.3) is 5.95 Å². The second-order valence-electron chi connectivity index (χ2n) is 14.6. The van der Waals surface area contributed by atoms with Gasteiger partial charge in [0, 0.05) is 17.9 Å². The first-order valence-corrected chi connectivity index (χ1v) is 18.9. The van der Waals surface area contributed by atoms with E-state index in [1.165, 1.54) is 25.7 Å². The maximum atomic E-state index is 13.7. The summed E-state index contributed by atoms with van der Waals surface area (Å²) in [5.74, 6) is -0.478. The van der Waals surface area contributed by atoms with Crippen molar-refractivity contribution >= 4 is 0 Å². The third-order valence-corrected chi connectivity index (χ3v) is 10.1. The maximum absolute atomic E-state index is 13.7. The zero-order chi connectivity index (χ0) is 49.1. The van der Waals surface area contributed by atoms with Gasteiger partial charge in [-0.05, 0) is 98.4 Å². The van der Waals surface area contributed by atoms with E-state index in [0.717, 1.165) is 58.0 Å². The van der Waals surface area contributed by atoms with Gasteiger partial charge in [-0.2, -0.15) is 79.0 Å². The number of benzene rings is 2. The molecule has 2 aliphatic rings. The second kappa shape index (κ2) is 22.4. The van der Waals surface area contributed by atoms with Crippen LogP contribution in [0.5, 0.6) is 23.2 Å². The predicted octanol–water partition coefficient (Wildman–Crippen LogP) is 14.7. The fourth-order valence-electron chi connectivity index (χ4n) is 7.34. The maximum Gasteiger partial charge on any atom is 0.457 e. The van der Waals surface area contributed by atoms with Crippen LogP contribution in [-0.4, -0.2) is 38.8 Å². The summed E-state index contributed by atoms with van der Waals surface area (Å²) < 4.78 is 240. The van der Waals surface area contributed by atoms with Crippen LogP contribution in [0.15, 0.2) is 47.1 Å². The highest BCUT2D eigenvalue weighted by atomic mass is 19.4. The molecule has 0 spiro atoms. The molecule has 1 N–H and O–H groups in total. The lowest BCUT2D eigenvalue weighted by Crippen LogP contribution is -2.26. The van der Waals surface area contributed by atoms with Crippen molar-refractivity contribution in [3.8, 4) is 35.0 Å². The predicted molar refractivity (Wildman–Crippen MR) is 193 cm³/mol. The Labute approximate surface area is 355 Å². The molecule has 2 aromatic carbocycles. The summed E-state index contributed by atoms with van der Waals surface area (Å²) in [4.78, 5) is 0. The number of methoxy groups -OCH3 is 3. The van der Waals surface area contributed by atoms with Crippen LogP contribution in [-0.2, 0) is 31.1 Å². The highest BCUT2D eigenvalue weighted by Gasteiger charge is 2.49. The standard InChI is InChI=1S/C23H30F6O.C9H6F6O2.C5H6O2.C4F6/c1-14-3-7-16(8-4-14)17-9-5-15(6-10-17)13-18-11-12-19(30-2)21(23(27,28)29)20(18)22(24,25)26;1-17-5-3-2-4(16)6(8(10,11)12)7(5)9(13,14)15;1-6-5-3-2-4-7-5;5-3(6,7)1-2-4(8,9)10/h11-12,14-17H,3-10,13H2,1-2H3;2-3,16H,1H3;2-4H,1H3;. The van der Waals surface area contributed by atoms with Crippen molar-refractivity contribution in [2.45, 2.75) is 102 Å². The van der Waals surface area contributed by atoms with Crippen LogP contribution in [0.3, 0.4) is 0 Å². The quantitative estimate of drug-likeness (QED) is 0.197. The first kappa shape index (κ1) is 55.4. The normalized spacial score (nSPS) is 19.5. The van der Waals surface area contributed by atoms with Gasteiger partial charge in [-0.1, -0.05) is 25.8 Å². The van der Waals surface area contributed by atoms with Crippen LogP contribution in [0.25, 0.3) is 0 Å². The van der Waals surface area contributed by atoms with Gasteiger partial charge in [0.05, 0.1) is 33.2 Å². The first-order valence-electron chi connectivity index (χ1n) is 18.9. The average Bonchev–Trinajstić information content (AvgIpc) is 3.71. The van der Waals surface area contributed by atoms with Crippen LogP contribution in [0.4, 0.5) is 79.0 Å². The molecule has 0 saturated heterocycles. The Balaban J connectivity index is 0.000000345. The highest BCUT2D eigenvalue weighted by Crippen LogP contribution is 2.50. The second-order valence-corrected chi connectivity index (χ2v) is 14.6. The Kier molecular flexibility index (Phi) is 19.4. The highest BCUT2D eigenvalue weighted by molar-refractivity contribution is 5.51. The molecule has 0 bridgehead atoms. The molecule has 5 nitrogen and oxygen atoms in total. The van der Waals surface area contributed by atoms with Gasteiger partial charge in [0.1, 0.15) is 33.9 Å². The zero-order valence-corrected chi connectivity index (χ0v) is 34.1. The molecule has 2 saturated carbocycles. The molecule has 3 aromatic rings. The molecule has 64 heavy (non-hydrogen) atoms. The van der Waals surface area contributed by atoms with Crippen LogP contribution >= 0.6 is 0 Å². The molecule has 1 aromatic heterocycles. The minimum absolute atomic E-state index is 0.0145. The Hall–Kier alpha value is -4.78. The molecule has 5 rings (SSSR count). The Morgan fingerprint density at radius 1 is 0.531 bits per heavy atom. The summed E-state index contributed by atoms with van der Waals surface area (Å²) >= 11 is 0. The van der Waals surface area contributed by atoms with Crippen LogP contribution in [0.1, 0.15) is 86.1 Å². The summed E-state index contributed by atoms with van der Waals surface area (Å²) in [5.41, 5.74) is -7.75. The lowest BCUT2D eigenvalue weighted by atomic mass is 9.68. The Morgan fingerprint density at radius 3 is 1.28 bits per heavy atom. The minimum Gasteiger partial charge on any atom is -0.507 e. The molecular weight excluding hydrogens is 914 g/mol. The van der Waals surface area contributed by atoms with Crippen molar-refractivity contribution in [1.29, 1.82) is 0 Å². The molecule has 0 amide bonds. The van der Waals surface area contributed by atoms with Gasteiger partial charge in [-0.25, -0.2) is 0 Å². The third-order valence-electron chi connectivity index (χ3n) is 10.1. The third kappa shape index (κ3) is 17.7. The minimum atomic E-state index is -5.33. The number of phenolic OH excluding ortho intramolecular Hbond substituents is 1. The average molecular weight is 957 g/mol. The first-order chi connectivity index (χ1) is 29.2. The van der Waals surface area contributed by atoms with Crippen molar-refractivity contribution < 1.29 is 103 Å². The number of hydrogen-bond donors (Lipinski definition) is 1. The lowest BCUT2D eigenvalue weighted by molar-refractivity contribution is -0.163. The number of rotatable bonds is 6. The molecule has 362 valence electrons. The van der Waals surface area contributed by atoms with Crippen LogP contribution in [0, 0.1) is 35.5 Å². The van der Waals surface area contributed by atoms with E-state index in [1.807, 2.05) is 0 Å². The molecule has 2 fully saturated rings. The number of ether oxygens (including phenoxy) is 3. The summed E-state index contributed by atoms with van der Waals surface area (Å²) in [6.07, 6.45) is -21.0. The van der Waals surface area contributed by atoms with Gasteiger partial charge in [-0.3, -0.25) is 0 Å². The van der Waals surface area contributed by atoms with Gasteiger partial charge in [-0.15, -0.1) is 0 Å². The van der Waals surface area contributed by atoms with Gasteiger partial charge >= 0.3 is 37.1 Å². The molecule has 1 heterocycles. The fraction of sp³-hybridized carbons (Fsp3) is 0.561. The summed E-state index contributed by atoms with van der Waals surface area (Å²) in [6.45, 7) is 2.27. The van der Waals surface area contributed by atoms with Crippen LogP contribution in [0.2, 0.25) is 0 Å². The summed E-state index contributed by atoms with van der Waals surface area (Å²) in [5, 5.41) is 8.93. The fourth-order valence-corrected chi connectivity index (χ4v) is 7.34. The van der Waals surface area contributed by atoms with Crippen LogP contribution < -0.4 is 14.2 Å². The van der Waals surface area contributed by atoms with E-state index in [1.54, 1.807) is 25.5 Å². The van der Waals surface area contributed by atoms with Crippen molar-refractivity contribution in [3.63, 3.8) is 0 Å². The molecule has 0 radical (unpaired) electrons. The Morgan fingerprint density at radius 2 is 0.938 bits per heavy atom. The summed E-state index contributed by atoms with van der Waals surface area (Å²) in [7, 11) is 3.33. The smallest absolute Gasteiger partial charge is 0.457 e. The van der Waals surface area contributed by atoms with E-state index in [-0.39, 0.29) is 29.7 Å². The van der Waals surface area contributed by atoms with Crippen molar-refractivity contribution in [2.24, 2.45) is 23.7 Å². The molecule has 0 unspecified atom stereocenters. The summed E-state index contributed by atoms with van der Waals surface area (Å²) in [6, 6.07) is 6.82. The van der Waals surface area contributed by atoms with Crippen molar-refractivity contribution in [1.82, 2.24) is 0 Å². The molecule has 2 aliphatic carbocycles. The van der Waals surface area contributed by atoms with Gasteiger partial charge in [0.15, 0.2) is 0 Å². The number of phenols is 1. The van der Waals surface area contributed by atoms with E-state index in [2.05, 4.69) is 21.1 Å². The van der Waals surface area contributed by atoms with Gasteiger partial charge in [0.2, 0.25) is 0 Å². The van der Waals surface area contributed by atoms with Crippen molar-refractivity contribution in [2.75, 3.05) is 21.3 Å². The topological polar surface area (TPSA) is 61.1 Å². The lowest BCUT2D eigenvalue weighted by Gasteiger charge is -2.37. The van der Waals surface area contributed by atoms with E-state index in [0.29, 0.717) is 29.9 Å². The van der Waals surface area contributed by atoms with E-state index >= 15 is 0 Å². The van der Waals surface area contributed by atoms with Gasteiger partial charge < -0.3 is 23.7 Å². The molecular formula is C41H42F18O5. The number of halogens is 18. The van der Waals surface area contributed by atoms with E-state index in [4.69, 9.17) is 9.52 Å². The van der Waals surface area contributed by atoms with E-state index < -0.39 is 76.6 Å². The molecule has 23 heteroatoms. The number of hydrogen-bond acceptors (Lipinski definition) is 5. The largest absolute Gasteiger partial charge is 0.507 e. The molecule has 0 aliphatic heterocycles. The zero-order valence-electron chi connectivity index (χ0n) is 34.1. The van der Waals surface area contributed by atoms with E-state index in [9.17, 15) is 79.0 Å². The Bertz CT molecular complexity index is 1910. The van der Waals surface area contributed by atoms with Crippen molar-refractivity contribution in [3.05, 3.63) is 70.5 Å².